The van der Waals surface area contributed by atoms with E-state index in [2.05, 4.69) is 58.1 Å². The third-order valence-corrected chi connectivity index (χ3v) is 3.64. The zero-order chi connectivity index (χ0) is 11.6. The van der Waals surface area contributed by atoms with Gasteiger partial charge in [-0.15, -0.1) is 0 Å². The van der Waals surface area contributed by atoms with Crippen molar-refractivity contribution in [1.29, 1.82) is 0 Å². The summed E-state index contributed by atoms with van der Waals surface area (Å²) in [5.41, 5.74) is 1.41. The normalized spacial score (nSPS) is 10.9. The van der Waals surface area contributed by atoms with Gasteiger partial charge in [0.1, 0.15) is 0 Å². The summed E-state index contributed by atoms with van der Waals surface area (Å²) >= 11 is 5.54. The smallest absolute Gasteiger partial charge is 0.0234 e. The summed E-state index contributed by atoms with van der Waals surface area (Å²) in [4.78, 5) is 2.51. The molecule has 0 aromatic heterocycles. The van der Waals surface area contributed by atoms with Gasteiger partial charge >= 0.3 is 0 Å². The van der Waals surface area contributed by atoms with Crippen LogP contribution in [-0.2, 0) is 6.54 Å². The van der Waals surface area contributed by atoms with Crippen molar-refractivity contribution >= 4 is 27.7 Å². The molecule has 0 radical (unpaired) electrons. The Bertz CT molecular complexity index is 266. The molecular weight excluding hydrogens is 282 g/mol. The molecule has 0 heterocycles. The largest absolute Gasteiger partial charge is 0.297 e. The first-order valence-electron chi connectivity index (χ1n) is 5.76. The maximum absolute atomic E-state index is 3.52. The molecule has 0 unspecified atom stereocenters. The molecule has 90 valence electrons. The summed E-state index contributed by atoms with van der Waals surface area (Å²) < 4.78 is 0. The van der Waals surface area contributed by atoms with Crippen LogP contribution in [0.15, 0.2) is 30.3 Å². The highest BCUT2D eigenvalue weighted by Gasteiger charge is 2.04. The molecule has 0 N–H and O–H groups in total. The van der Waals surface area contributed by atoms with Crippen molar-refractivity contribution in [2.24, 2.45) is 0 Å². The van der Waals surface area contributed by atoms with Gasteiger partial charge in [0, 0.05) is 30.7 Å². The number of rotatable bonds is 8. The monoisotopic (exact) mass is 301 g/mol. The lowest BCUT2D eigenvalue weighted by atomic mass is 10.2. The maximum Gasteiger partial charge on any atom is 0.0234 e. The second-order valence-corrected chi connectivity index (χ2v) is 5.83. The fourth-order valence-electron chi connectivity index (χ4n) is 1.57. The Kier molecular flexibility index (Phi) is 7.99. The van der Waals surface area contributed by atoms with E-state index in [4.69, 9.17) is 0 Å². The Hall–Kier alpha value is 0.0100. The lowest BCUT2D eigenvalue weighted by Crippen LogP contribution is -2.27. The van der Waals surface area contributed by atoms with Crippen LogP contribution in [0.3, 0.4) is 0 Å². The van der Waals surface area contributed by atoms with Crippen LogP contribution in [-0.4, -0.2) is 34.8 Å². The Balaban J connectivity index is 2.38. The Morgan fingerprint density at radius 1 is 1.19 bits per heavy atom. The predicted molar refractivity (Wildman–Crippen MR) is 78.5 cm³/mol. The Labute approximate surface area is 112 Å². The molecule has 0 saturated carbocycles. The molecule has 0 fully saturated rings. The number of hydrogen-bond donors (Lipinski definition) is 0. The van der Waals surface area contributed by atoms with Crippen molar-refractivity contribution in [3.05, 3.63) is 35.9 Å². The summed E-state index contributed by atoms with van der Waals surface area (Å²) in [5, 5.41) is 1.05. The van der Waals surface area contributed by atoms with E-state index in [-0.39, 0.29) is 0 Å². The van der Waals surface area contributed by atoms with Crippen molar-refractivity contribution in [2.45, 2.75) is 13.5 Å². The number of alkyl halides is 1. The Morgan fingerprint density at radius 2 is 1.94 bits per heavy atom. The number of thioether (sulfide) groups is 1. The topological polar surface area (TPSA) is 3.24 Å². The molecule has 1 aromatic rings. The number of benzene rings is 1. The van der Waals surface area contributed by atoms with Gasteiger partial charge in [-0.2, -0.15) is 11.8 Å². The zero-order valence-corrected chi connectivity index (χ0v) is 12.3. The van der Waals surface area contributed by atoms with Crippen LogP contribution >= 0.6 is 27.7 Å². The van der Waals surface area contributed by atoms with E-state index in [0.29, 0.717) is 0 Å². The predicted octanol–water partition coefficient (Wildman–Crippen LogP) is 3.64. The maximum atomic E-state index is 3.52. The quantitative estimate of drug-likeness (QED) is 0.533. The van der Waals surface area contributed by atoms with Gasteiger partial charge in [-0.1, -0.05) is 53.2 Å². The number of hydrogen-bond acceptors (Lipinski definition) is 2. The van der Waals surface area contributed by atoms with Gasteiger partial charge in [-0.05, 0) is 11.3 Å². The summed E-state index contributed by atoms with van der Waals surface area (Å²) in [5.74, 6) is 2.45. The van der Waals surface area contributed by atoms with Crippen LogP contribution in [0, 0.1) is 0 Å². The minimum absolute atomic E-state index is 1.05. The summed E-state index contributed by atoms with van der Waals surface area (Å²) in [6.45, 7) is 5.59. The van der Waals surface area contributed by atoms with Crippen LogP contribution in [0.4, 0.5) is 0 Å². The molecule has 0 atom stereocenters. The molecule has 0 saturated heterocycles. The highest BCUT2D eigenvalue weighted by Crippen LogP contribution is 2.07. The van der Waals surface area contributed by atoms with Gasteiger partial charge < -0.3 is 0 Å². The summed E-state index contributed by atoms with van der Waals surface area (Å²) in [6.07, 6.45) is 0. The first-order valence-corrected chi connectivity index (χ1v) is 8.04. The molecule has 0 aliphatic heterocycles. The minimum Gasteiger partial charge on any atom is -0.297 e. The average Bonchev–Trinajstić information content (AvgIpc) is 2.31. The average molecular weight is 302 g/mol. The van der Waals surface area contributed by atoms with E-state index >= 15 is 0 Å². The summed E-state index contributed by atoms with van der Waals surface area (Å²) in [7, 11) is 0. The summed E-state index contributed by atoms with van der Waals surface area (Å²) in [6, 6.07) is 10.7. The van der Waals surface area contributed by atoms with E-state index in [0.717, 1.165) is 18.4 Å². The van der Waals surface area contributed by atoms with Crippen LogP contribution in [0.5, 0.6) is 0 Å². The molecule has 0 aliphatic rings. The van der Waals surface area contributed by atoms with Gasteiger partial charge in [0.2, 0.25) is 0 Å². The van der Waals surface area contributed by atoms with E-state index in [1.165, 1.54) is 23.6 Å². The third-order valence-electron chi connectivity index (χ3n) is 2.41. The second kappa shape index (κ2) is 9.08. The van der Waals surface area contributed by atoms with Gasteiger partial charge in [0.15, 0.2) is 0 Å². The van der Waals surface area contributed by atoms with Crippen molar-refractivity contribution < 1.29 is 0 Å². The minimum atomic E-state index is 1.05. The van der Waals surface area contributed by atoms with Gasteiger partial charge in [-0.25, -0.2) is 0 Å². The zero-order valence-electron chi connectivity index (χ0n) is 9.86. The second-order valence-electron chi connectivity index (χ2n) is 3.65. The van der Waals surface area contributed by atoms with Crippen LogP contribution in [0.1, 0.15) is 12.5 Å². The van der Waals surface area contributed by atoms with Crippen molar-refractivity contribution in [2.75, 3.05) is 29.9 Å². The fraction of sp³-hybridized carbons (Fsp3) is 0.538. The van der Waals surface area contributed by atoms with Gasteiger partial charge in [0.25, 0.3) is 0 Å². The van der Waals surface area contributed by atoms with E-state index in [9.17, 15) is 0 Å². The van der Waals surface area contributed by atoms with E-state index in [1.54, 1.807) is 0 Å². The van der Waals surface area contributed by atoms with Gasteiger partial charge in [0.05, 0.1) is 0 Å². The first kappa shape index (κ1) is 14.1. The highest BCUT2D eigenvalue weighted by molar-refractivity contribution is 9.09. The molecule has 0 amide bonds. The number of nitrogens with zero attached hydrogens (tertiary/aromatic N) is 1. The molecule has 0 bridgehead atoms. The molecular formula is C13H20BrNS. The van der Waals surface area contributed by atoms with E-state index < -0.39 is 0 Å². The lowest BCUT2D eigenvalue weighted by Gasteiger charge is -2.21. The number of halogens is 1. The molecule has 1 aromatic carbocycles. The third kappa shape index (κ3) is 5.92. The first-order chi connectivity index (χ1) is 7.86. The molecule has 0 spiro atoms. The van der Waals surface area contributed by atoms with Crippen molar-refractivity contribution in [1.82, 2.24) is 4.90 Å². The molecule has 3 heteroatoms. The standard InChI is InChI=1S/C13H20BrNS/c1-2-16-11-10-15(9-8-14)12-13-6-4-3-5-7-13/h3-7H,2,8-12H2,1H3. The molecule has 1 nitrogen and oxygen atoms in total. The van der Waals surface area contributed by atoms with Gasteiger partial charge in [-0.3, -0.25) is 4.90 Å². The van der Waals surface area contributed by atoms with Crippen LogP contribution in [0.25, 0.3) is 0 Å². The van der Waals surface area contributed by atoms with E-state index in [1.807, 2.05) is 11.8 Å². The lowest BCUT2D eigenvalue weighted by molar-refractivity contribution is 0.302. The van der Waals surface area contributed by atoms with Crippen LogP contribution in [0.2, 0.25) is 0 Å². The fourth-order valence-corrected chi connectivity index (χ4v) is 2.75. The SMILES string of the molecule is CCSCCN(CCBr)Cc1ccccc1. The molecule has 1 rings (SSSR count). The Morgan fingerprint density at radius 3 is 2.56 bits per heavy atom. The van der Waals surface area contributed by atoms with Crippen molar-refractivity contribution in [3.63, 3.8) is 0 Å². The molecule has 16 heavy (non-hydrogen) atoms. The molecule has 0 aliphatic carbocycles. The van der Waals surface area contributed by atoms with Crippen LogP contribution < -0.4 is 0 Å². The van der Waals surface area contributed by atoms with Crippen molar-refractivity contribution in [3.8, 4) is 0 Å². The highest BCUT2D eigenvalue weighted by atomic mass is 79.9.